The molecule has 0 aliphatic carbocycles. The van der Waals surface area contributed by atoms with Crippen molar-refractivity contribution in [3.63, 3.8) is 0 Å². The molecule has 12 heteroatoms. The van der Waals surface area contributed by atoms with Crippen molar-refractivity contribution in [2.24, 2.45) is 5.41 Å². The number of aromatic nitrogens is 6. The van der Waals surface area contributed by atoms with E-state index in [0.717, 1.165) is 43.6 Å². The highest BCUT2D eigenvalue weighted by Crippen LogP contribution is 2.42. The minimum Gasteiger partial charge on any atom is -0.377 e. The summed E-state index contributed by atoms with van der Waals surface area (Å²) in [5, 5.41) is 5.34. The van der Waals surface area contributed by atoms with E-state index in [2.05, 4.69) is 25.0 Å². The van der Waals surface area contributed by atoms with E-state index in [9.17, 15) is 13.2 Å². The Morgan fingerprint density at radius 2 is 1.71 bits per heavy atom. The van der Waals surface area contributed by atoms with Gasteiger partial charge in [-0.1, -0.05) is 0 Å². The van der Waals surface area contributed by atoms with Crippen LogP contribution in [0.3, 0.4) is 0 Å². The second-order valence-corrected chi connectivity index (χ2v) is 8.52. The summed E-state index contributed by atoms with van der Waals surface area (Å²) < 4.78 is 45.2. The molecule has 0 unspecified atom stereocenters. The number of alkyl halides is 3. The van der Waals surface area contributed by atoms with Gasteiger partial charge in [-0.25, -0.2) is 19.6 Å². The predicted octanol–water partition coefficient (Wildman–Crippen LogP) is 1.92. The molecule has 1 spiro atoms. The first-order chi connectivity index (χ1) is 14.9. The zero-order chi connectivity index (χ0) is 21.2. The van der Waals surface area contributed by atoms with Gasteiger partial charge < -0.3 is 14.5 Å². The molecule has 3 saturated heterocycles. The lowest BCUT2D eigenvalue weighted by molar-refractivity contribution is -0.145. The van der Waals surface area contributed by atoms with Crippen molar-refractivity contribution in [1.82, 2.24) is 29.7 Å². The monoisotopic (exact) mass is 432 g/mol. The van der Waals surface area contributed by atoms with Crippen molar-refractivity contribution in [2.75, 3.05) is 49.2 Å². The number of rotatable bonds is 3. The molecular weight excluding hydrogens is 413 g/mol. The second-order valence-electron chi connectivity index (χ2n) is 8.52. The van der Waals surface area contributed by atoms with Crippen LogP contribution in [0.2, 0.25) is 0 Å². The van der Waals surface area contributed by atoms with Gasteiger partial charge in [0.1, 0.15) is 6.04 Å². The summed E-state index contributed by atoms with van der Waals surface area (Å²) in [5.41, 5.74) is 1.50. The minimum atomic E-state index is -4.53. The van der Waals surface area contributed by atoms with E-state index in [1.165, 1.54) is 12.4 Å². The van der Waals surface area contributed by atoms with Crippen LogP contribution in [0.15, 0.2) is 24.8 Å². The van der Waals surface area contributed by atoms with Crippen molar-refractivity contribution in [1.29, 1.82) is 0 Å². The highest BCUT2D eigenvalue weighted by Gasteiger charge is 2.48. The molecule has 9 nitrogen and oxygen atoms in total. The second kappa shape index (κ2) is 6.49. The summed E-state index contributed by atoms with van der Waals surface area (Å²) in [6.45, 7) is 4.43. The van der Waals surface area contributed by atoms with Gasteiger partial charge in [-0.2, -0.15) is 23.3 Å². The van der Waals surface area contributed by atoms with Gasteiger partial charge in [0.2, 0.25) is 11.8 Å². The number of ether oxygens (including phenoxy) is 1. The van der Waals surface area contributed by atoms with Crippen molar-refractivity contribution in [3.05, 3.63) is 30.6 Å². The highest BCUT2D eigenvalue weighted by atomic mass is 19.4. The molecule has 0 N–H and O–H groups in total. The Balaban J connectivity index is 1.15. The number of halogens is 3. The van der Waals surface area contributed by atoms with Crippen molar-refractivity contribution in [2.45, 2.75) is 18.6 Å². The van der Waals surface area contributed by atoms with Crippen molar-refractivity contribution in [3.8, 4) is 0 Å². The highest BCUT2D eigenvalue weighted by molar-refractivity contribution is 5.75. The molecule has 6 heterocycles. The summed E-state index contributed by atoms with van der Waals surface area (Å²) in [4.78, 5) is 20.4. The molecular formula is C19H19F3N8O. The zero-order valence-corrected chi connectivity index (χ0v) is 16.5. The third-order valence-corrected chi connectivity index (χ3v) is 6.32. The van der Waals surface area contributed by atoms with Crippen LogP contribution in [0, 0.1) is 5.41 Å². The summed E-state index contributed by atoms with van der Waals surface area (Å²) in [5.74, 6) is -0.429. The molecule has 0 amide bonds. The largest absolute Gasteiger partial charge is 0.451 e. The molecule has 3 aliphatic rings. The maximum Gasteiger partial charge on any atom is 0.451 e. The topological polar surface area (TPSA) is 85.1 Å². The Labute approximate surface area is 174 Å². The van der Waals surface area contributed by atoms with Gasteiger partial charge in [-0.3, -0.25) is 0 Å². The van der Waals surface area contributed by atoms with Gasteiger partial charge >= 0.3 is 6.18 Å². The normalized spacial score (nSPS) is 21.0. The van der Waals surface area contributed by atoms with Gasteiger partial charge in [-0.15, -0.1) is 0 Å². The number of hydrogen-bond acceptors (Lipinski definition) is 8. The predicted molar refractivity (Wildman–Crippen MR) is 104 cm³/mol. The molecule has 31 heavy (non-hydrogen) atoms. The smallest absolute Gasteiger partial charge is 0.377 e. The number of fused-ring (bicyclic) bond motifs is 1. The van der Waals surface area contributed by atoms with Crippen molar-refractivity contribution < 1.29 is 17.9 Å². The van der Waals surface area contributed by atoms with Crippen LogP contribution in [0.4, 0.5) is 24.8 Å². The summed E-state index contributed by atoms with van der Waals surface area (Å²) in [7, 11) is 0. The van der Waals surface area contributed by atoms with Gasteiger partial charge in [0.05, 0.1) is 42.9 Å². The fraction of sp³-hybridized carbons (Fsp3) is 0.526. The molecule has 0 bridgehead atoms. The van der Waals surface area contributed by atoms with E-state index in [1.54, 1.807) is 12.4 Å². The van der Waals surface area contributed by atoms with Crippen LogP contribution in [-0.4, -0.2) is 69.1 Å². The fourth-order valence-electron chi connectivity index (χ4n) is 4.55. The lowest BCUT2D eigenvalue weighted by atomic mass is 9.79. The molecule has 0 radical (unpaired) electrons. The maximum absolute atomic E-state index is 12.7. The van der Waals surface area contributed by atoms with E-state index >= 15 is 0 Å². The van der Waals surface area contributed by atoms with E-state index in [4.69, 9.17) is 9.72 Å². The molecule has 3 aromatic heterocycles. The third kappa shape index (κ3) is 3.08. The number of anilines is 2. The summed E-state index contributed by atoms with van der Waals surface area (Å²) in [6.07, 6.45) is 2.53. The Kier molecular flexibility index (Phi) is 3.92. The Bertz CT molecular complexity index is 1120. The van der Waals surface area contributed by atoms with Crippen LogP contribution >= 0.6 is 0 Å². The minimum absolute atomic E-state index is 0.0725. The lowest BCUT2D eigenvalue weighted by Crippen LogP contribution is -2.58. The molecule has 6 rings (SSSR count). The molecule has 3 fully saturated rings. The standard InChI is InChI=1S/C19H19F3N8O/c20-19(21,22)16-23-5-13(6-24-16)29-10-18(11-29)1-2-28(9-18)17-25-3-12-4-26-30(15(12)27-17)14-7-31-8-14/h3-6,14H,1-2,7-11H2. The van der Waals surface area contributed by atoms with E-state index < -0.39 is 12.0 Å². The Morgan fingerprint density at radius 3 is 2.39 bits per heavy atom. The average Bonchev–Trinajstić information content (AvgIpc) is 3.30. The van der Waals surface area contributed by atoms with Crippen LogP contribution in [0.25, 0.3) is 11.0 Å². The number of nitrogens with zero attached hydrogens (tertiary/aromatic N) is 8. The van der Waals surface area contributed by atoms with Crippen LogP contribution in [0.5, 0.6) is 0 Å². The fourth-order valence-corrected chi connectivity index (χ4v) is 4.55. The van der Waals surface area contributed by atoms with E-state index in [1.807, 2.05) is 9.58 Å². The number of hydrogen-bond donors (Lipinski definition) is 0. The maximum atomic E-state index is 12.7. The average molecular weight is 432 g/mol. The molecule has 162 valence electrons. The third-order valence-electron chi connectivity index (χ3n) is 6.32. The van der Waals surface area contributed by atoms with Crippen molar-refractivity contribution >= 4 is 22.7 Å². The van der Waals surface area contributed by atoms with E-state index in [0.29, 0.717) is 24.8 Å². The van der Waals surface area contributed by atoms with E-state index in [-0.39, 0.29) is 11.5 Å². The molecule has 3 aromatic rings. The van der Waals surface area contributed by atoms with Crippen LogP contribution < -0.4 is 9.80 Å². The summed E-state index contributed by atoms with van der Waals surface area (Å²) >= 11 is 0. The van der Waals surface area contributed by atoms with Gasteiger partial charge in [0.25, 0.3) is 0 Å². The Hall–Kier alpha value is -3.02. The first-order valence-electron chi connectivity index (χ1n) is 10.1. The first kappa shape index (κ1) is 18.7. The van der Waals surface area contributed by atoms with Gasteiger partial charge in [0, 0.05) is 37.8 Å². The quantitative estimate of drug-likeness (QED) is 0.621. The van der Waals surface area contributed by atoms with Gasteiger partial charge in [-0.05, 0) is 6.42 Å². The summed E-state index contributed by atoms with van der Waals surface area (Å²) in [6, 6.07) is 0.219. The van der Waals surface area contributed by atoms with Crippen LogP contribution in [-0.2, 0) is 10.9 Å². The molecule has 0 saturated carbocycles. The Morgan fingerprint density at radius 1 is 0.968 bits per heavy atom. The van der Waals surface area contributed by atoms with Crippen LogP contribution in [0.1, 0.15) is 18.3 Å². The first-order valence-corrected chi connectivity index (χ1v) is 10.1. The SMILES string of the molecule is FC(F)(F)c1ncc(N2CC3(CCN(c4ncc5cnn(C6COC6)c5n4)C3)C2)cn1. The zero-order valence-electron chi connectivity index (χ0n) is 16.5. The molecule has 0 aromatic carbocycles. The molecule has 0 atom stereocenters. The van der Waals surface area contributed by atoms with Gasteiger partial charge in [0.15, 0.2) is 5.65 Å². The molecule has 3 aliphatic heterocycles. The lowest BCUT2D eigenvalue weighted by Gasteiger charge is -2.49.